The number of carbonyl (C=O) groups is 1. The van der Waals surface area contributed by atoms with Crippen LogP contribution in [0.5, 0.6) is 17.2 Å². The molecule has 180 valence electrons. The first-order chi connectivity index (χ1) is 14.2. The summed E-state index contributed by atoms with van der Waals surface area (Å²) in [5, 5.41) is 0. The van der Waals surface area contributed by atoms with Crippen LogP contribution < -0.4 is 38.2 Å². The van der Waals surface area contributed by atoms with Crippen molar-refractivity contribution in [3.05, 3.63) is 17.7 Å². The van der Waals surface area contributed by atoms with Gasteiger partial charge in [-0.2, -0.15) is 0 Å². The van der Waals surface area contributed by atoms with E-state index in [1.54, 1.807) is 12.1 Å². The molecule has 1 aromatic carbocycles. The van der Waals surface area contributed by atoms with Crippen LogP contribution in [-0.4, -0.2) is 73.6 Å². The molecule has 0 aromatic heterocycles. The molecule has 0 atom stereocenters. The van der Waals surface area contributed by atoms with Gasteiger partial charge in [-0.3, -0.25) is 0 Å². The normalized spacial score (nSPS) is 11.5. The first-order valence-electron chi connectivity index (χ1n) is 11.0. The quantitative estimate of drug-likeness (QED) is 0.149. The lowest BCUT2D eigenvalue weighted by atomic mass is 10.2. The molecule has 0 saturated carbocycles. The standard InChI is InChI=1S/C23H42NO5Si.HI/c1-9-30(10-2,11-3)16-12-13-24(4,5)14-15-29-23(25)19-17-20(26-6)22(28-8)21(18-19)27-7;/h17-18H,9-16H2,1-8H3;1H/q+1;/p-1. The van der Waals surface area contributed by atoms with Crippen molar-refractivity contribution in [1.29, 1.82) is 0 Å². The number of methoxy groups -OCH3 is 3. The second-order valence-corrected chi connectivity index (χ2v) is 14.2. The Morgan fingerprint density at radius 2 is 1.42 bits per heavy atom. The molecule has 8 heteroatoms. The van der Waals surface area contributed by atoms with Crippen LogP contribution in [-0.2, 0) is 4.74 Å². The summed E-state index contributed by atoms with van der Waals surface area (Å²) >= 11 is 0. The molecule has 6 nitrogen and oxygen atoms in total. The van der Waals surface area contributed by atoms with E-state index < -0.39 is 8.07 Å². The fourth-order valence-electron chi connectivity index (χ4n) is 3.94. The number of ether oxygens (including phenoxy) is 4. The van der Waals surface area contributed by atoms with Gasteiger partial charge in [-0.25, -0.2) is 4.79 Å². The van der Waals surface area contributed by atoms with Crippen LogP contribution in [0.1, 0.15) is 37.6 Å². The molecule has 0 saturated heterocycles. The van der Waals surface area contributed by atoms with Crippen LogP contribution >= 0.6 is 0 Å². The summed E-state index contributed by atoms with van der Waals surface area (Å²) in [7, 11) is 7.94. The van der Waals surface area contributed by atoms with Gasteiger partial charge in [0.1, 0.15) is 13.2 Å². The Morgan fingerprint density at radius 3 is 1.84 bits per heavy atom. The molecule has 0 heterocycles. The van der Waals surface area contributed by atoms with E-state index in [2.05, 4.69) is 34.9 Å². The lowest BCUT2D eigenvalue weighted by Crippen LogP contribution is -3.00. The molecule has 0 aliphatic rings. The summed E-state index contributed by atoms with van der Waals surface area (Å²) < 4.78 is 22.3. The Bertz CT molecular complexity index is 647. The number of nitrogens with zero attached hydrogens (tertiary/aromatic N) is 1. The minimum atomic E-state index is -1.07. The molecular weight excluding hydrogens is 525 g/mol. The van der Waals surface area contributed by atoms with Gasteiger partial charge >= 0.3 is 5.97 Å². The number of hydrogen-bond donors (Lipinski definition) is 0. The van der Waals surface area contributed by atoms with E-state index in [1.165, 1.54) is 51.9 Å². The third-order valence-corrected chi connectivity index (χ3v) is 12.5. The van der Waals surface area contributed by atoms with Gasteiger partial charge in [-0.1, -0.05) is 44.9 Å². The molecule has 0 aliphatic carbocycles. The zero-order chi connectivity index (χ0) is 22.8. The Kier molecular flexibility index (Phi) is 13.7. The highest BCUT2D eigenvalue weighted by Crippen LogP contribution is 2.38. The van der Waals surface area contributed by atoms with E-state index in [1.807, 2.05) is 0 Å². The predicted molar refractivity (Wildman–Crippen MR) is 125 cm³/mol. The first-order valence-corrected chi connectivity index (χ1v) is 13.8. The maximum absolute atomic E-state index is 12.6. The van der Waals surface area contributed by atoms with E-state index >= 15 is 0 Å². The van der Waals surface area contributed by atoms with Crippen molar-refractivity contribution in [3.8, 4) is 17.2 Å². The smallest absolute Gasteiger partial charge is 0.338 e. The summed E-state index contributed by atoms with van der Waals surface area (Å²) in [4.78, 5) is 12.6. The van der Waals surface area contributed by atoms with Gasteiger partial charge in [0.2, 0.25) is 5.75 Å². The first kappa shape index (κ1) is 30.0. The van der Waals surface area contributed by atoms with Gasteiger partial charge < -0.3 is 47.4 Å². The lowest BCUT2D eigenvalue weighted by Gasteiger charge is -2.33. The Hall–Kier alpha value is -1.00. The number of likely N-dealkylation sites (N-methyl/N-ethyl adjacent to an activating group) is 1. The average molecular weight is 568 g/mol. The Labute approximate surface area is 207 Å². The molecule has 0 bridgehead atoms. The topological polar surface area (TPSA) is 54.0 Å². The number of rotatable bonds is 14. The number of quaternary nitrogens is 1. The Morgan fingerprint density at radius 1 is 0.903 bits per heavy atom. The van der Waals surface area contributed by atoms with Crippen molar-refractivity contribution >= 4 is 14.0 Å². The summed E-state index contributed by atoms with van der Waals surface area (Å²) in [6, 6.07) is 8.76. The maximum Gasteiger partial charge on any atom is 0.338 e. The summed E-state index contributed by atoms with van der Waals surface area (Å²) in [5.41, 5.74) is 0.388. The van der Waals surface area contributed by atoms with Crippen molar-refractivity contribution < 1.29 is 52.2 Å². The third kappa shape index (κ3) is 8.80. The average Bonchev–Trinajstić information content (AvgIpc) is 2.75. The van der Waals surface area contributed by atoms with E-state index in [0.717, 1.165) is 17.6 Å². The fourth-order valence-corrected chi connectivity index (χ4v) is 7.41. The second kappa shape index (κ2) is 14.2. The van der Waals surface area contributed by atoms with E-state index in [4.69, 9.17) is 18.9 Å². The van der Waals surface area contributed by atoms with E-state index in [-0.39, 0.29) is 29.9 Å². The Balaban J connectivity index is 0.00000900. The largest absolute Gasteiger partial charge is 1.00 e. The van der Waals surface area contributed by atoms with Crippen LogP contribution in [0.25, 0.3) is 0 Å². The molecule has 0 radical (unpaired) electrons. The zero-order valence-corrected chi connectivity index (χ0v) is 23.8. The van der Waals surface area contributed by atoms with Crippen molar-refractivity contribution in [2.45, 2.75) is 51.4 Å². The summed E-state index contributed by atoms with van der Waals surface area (Å²) in [5.74, 6) is 0.953. The fraction of sp³-hybridized carbons (Fsp3) is 0.696. The molecule has 0 N–H and O–H groups in total. The summed E-state index contributed by atoms with van der Waals surface area (Å²) in [6.07, 6.45) is 1.25. The number of benzene rings is 1. The molecule has 0 fully saturated rings. The molecule has 1 aromatic rings. The van der Waals surface area contributed by atoms with Crippen molar-refractivity contribution in [3.63, 3.8) is 0 Å². The summed E-state index contributed by atoms with van der Waals surface area (Å²) in [6.45, 7) is 9.36. The SMILES string of the molecule is CC[Si](CC)(CC)CCC[N+](C)(C)CCOC(=O)c1cc(OC)c(OC)c(OC)c1.[I-]. The van der Waals surface area contributed by atoms with E-state index in [9.17, 15) is 4.79 Å². The van der Waals surface area contributed by atoms with Crippen LogP contribution in [0.4, 0.5) is 0 Å². The van der Waals surface area contributed by atoms with Crippen molar-refractivity contribution in [1.82, 2.24) is 0 Å². The van der Waals surface area contributed by atoms with Gasteiger partial charge in [-0.05, 0) is 18.6 Å². The van der Waals surface area contributed by atoms with Crippen LogP contribution in [0, 0.1) is 0 Å². The number of halogens is 1. The molecular formula is C23H42INO5Si. The third-order valence-electron chi connectivity index (χ3n) is 6.55. The second-order valence-electron chi connectivity index (χ2n) is 8.60. The lowest BCUT2D eigenvalue weighted by molar-refractivity contribution is -0.890. The van der Waals surface area contributed by atoms with Crippen LogP contribution in [0.15, 0.2) is 12.1 Å². The number of carbonyl (C=O) groups excluding carboxylic acids is 1. The maximum atomic E-state index is 12.6. The van der Waals surface area contributed by atoms with Gasteiger partial charge in [0.15, 0.2) is 11.5 Å². The highest BCUT2D eigenvalue weighted by molar-refractivity contribution is 6.79. The van der Waals surface area contributed by atoms with E-state index in [0.29, 0.717) is 29.4 Å². The highest BCUT2D eigenvalue weighted by atomic mass is 127. The number of hydrogen-bond acceptors (Lipinski definition) is 5. The zero-order valence-electron chi connectivity index (χ0n) is 20.7. The molecule has 0 unspecified atom stereocenters. The minimum Gasteiger partial charge on any atom is -1.00 e. The number of esters is 1. The van der Waals surface area contributed by atoms with Gasteiger partial charge in [0, 0.05) is 0 Å². The molecule has 31 heavy (non-hydrogen) atoms. The molecule has 1 rings (SSSR count). The van der Waals surface area contributed by atoms with Crippen LogP contribution in [0.2, 0.25) is 24.2 Å². The van der Waals surface area contributed by atoms with Gasteiger partial charge in [-0.15, -0.1) is 0 Å². The monoisotopic (exact) mass is 567 g/mol. The molecule has 0 aliphatic heterocycles. The van der Waals surface area contributed by atoms with Gasteiger partial charge in [0.05, 0.1) is 55.6 Å². The van der Waals surface area contributed by atoms with Gasteiger partial charge in [0.25, 0.3) is 0 Å². The molecule has 0 spiro atoms. The van der Waals surface area contributed by atoms with Crippen LogP contribution in [0.3, 0.4) is 0 Å². The minimum absolute atomic E-state index is 0. The predicted octanol–water partition coefficient (Wildman–Crippen LogP) is 1.85. The highest BCUT2D eigenvalue weighted by Gasteiger charge is 2.27. The molecule has 0 amide bonds. The van der Waals surface area contributed by atoms with Crippen molar-refractivity contribution in [2.75, 3.05) is 55.1 Å². The van der Waals surface area contributed by atoms with Crippen molar-refractivity contribution in [2.24, 2.45) is 0 Å².